The van der Waals surface area contributed by atoms with Crippen molar-refractivity contribution in [3.05, 3.63) is 0 Å². The first kappa shape index (κ1) is 38.8. The Morgan fingerprint density at radius 1 is 0.379 bits per heavy atom. The van der Waals surface area contributed by atoms with Crippen LogP contribution in [0.2, 0.25) is 0 Å². The molecule has 0 aliphatic rings. The molecular formula is C20H36CeO8. The normalized spacial score (nSPS) is 10.9. The third-order valence-corrected chi connectivity index (χ3v) is 2.45. The van der Waals surface area contributed by atoms with Crippen LogP contribution < -0.4 is 20.4 Å². The van der Waals surface area contributed by atoms with Crippen LogP contribution in [0.3, 0.4) is 0 Å². The first-order valence-corrected chi connectivity index (χ1v) is 8.63. The third kappa shape index (κ3) is 32.1. The van der Waals surface area contributed by atoms with Crippen molar-refractivity contribution in [2.24, 2.45) is 21.7 Å². The second-order valence-corrected chi connectivity index (χ2v) is 10.1. The molecule has 8 nitrogen and oxygen atoms in total. The summed E-state index contributed by atoms with van der Waals surface area (Å²) in [5, 5.41) is 39.6. The minimum atomic E-state index is -1.01. The molecule has 0 saturated heterocycles. The van der Waals surface area contributed by atoms with Crippen LogP contribution in [0.1, 0.15) is 83.1 Å². The van der Waals surface area contributed by atoms with Crippen LogP contribution in [-0.4, -0.2) is 23.9 Å². The second kappa shape index (κ2) is 15.1. The monoisotopic (exact) mass is 544 g/mol. The van der Waals surface area contributed by atoms with Crippen LogP contribution in [0.25, 0.3) is 0 Å². The van der Waals surface area contributed by atoms with Gasteiger partial charge in [-0.2, -0.15) is 0 Å². The fourth-order valence-electron chi connectivity index (χ4n) is 0. The fourth-order valence-corrected chi connectivity index (χ4v) is 0. The van der Waals surface area contributed by atoms with Gasteiger partial charge in [0.2, 0.25) is 0 Å². The van der Waals surface area contributed by atoms with E-state index in [0.717, 1.165) is 0 Å². The molecule has 0 bridgehead atoms. The van der Waals surface area contributed by atoms with Crippen LogP contribution >= 0.6 is 0 Å². The number of hydrogen-bond donors (Lipinski definition) is 0. The topological polar surface area (TPSA) is 161 Å². The minimum absolute atomic E-state index is 0. The summed E-state index contributed by atoms with van der Waals surface area (Å²) in [6, 6.07) is 0. The van der Waals surface area contributed by atoms with E-state index in [1.165, 1.54) is 0 Å². The predicted molar refractivity (Wildman–Crippen MR) is 97.8 cm³/mol. The summed E-state index contributed by atoms with van der Waals surface area (Å²) in [6.45, 7) is 19.2. The molecule has 0 amide bonds. The molecule has 0 aliphatic heterocycles. The molecule has 0 atom stereocenters. The number of aliphatic carboxylic acids is 4. The average Bonchev–Trinajstić information content (AvgIpc) is 2.35. The summed E-state index contributed by atoms with van der Waals surface area (Å²) >= 11 is 0. The largest absolute Gasteiger partial charge is 4.00 e. The van der Waals surface area contributed by atoms with E-state index >= 15 is 0 Å². The molecule has 0 radical (unpaired) electrons. The zero-order valence-corrected chi connectivity index (χ0v) is 22.9. The van der Waals surface area contributed by atoms with E-state index in [4.69, 9.17) is 0 Å². The number of carbonyl (C=O) groups excluding carboxylic acids is 4. The number of carboxylic acid groups (broad SMARTS) is 4. The summed E-state index contributed by atoms with van der Waals surface area (Å²) < 4.78 is 0. The van der Waals surface area contributed by atoms with Crippen molar-refractivity contribution in [2.75, 3.05) is 0 Å². The van der Waals surface area contributed by atoms with E-state index in [9.17, 15) is 39.6 Å². The summed E-state index contributed by atoms with van der Waals surface area (Å²) in [5.41, 5.74) is -2.78. The van der Waals surface area contributed by atoms with Crippen LogP contribution in [0.4, 0.5) is 0 Å². The zero-order valence-electron chi connectivity index (χ0n) is 19.8. The van der Waals surface area contributed by atoms with Gasteiger partial charge in [0, 0.05) is 45.5 Å². The van der Waals surface area contributed by atoms with Crippen molar-refractivity contribution in [3.63, 3.8) is 0 Å². The van der Waals surface area contributed by atoms with Crippen LogP contribution in [-0.2, 0) is 19.2 Å². The zero-order chi connectivity index (χ0) is 24.3. The minimum Gasteiger partial charge on any atom is -0.550 e. The maximum Gasteiger partial charge on any atom is 4.00 e. The van der Waals surface area contributed by atoms with Crippen LogP contribution in [0, 0.1) is 63.4 Å². The fraction of sp³-hybridized carbons (Fsp3) is 0.800. The Balaban J connectivity index is -0.0000000873. The Kier molecular flexibility index (Phi) is 20.2. The van der Waals surface area contributed by atoms with Crippen molar-refractivity contribution in [3.8, 4) is 0 Å². The van der Waals surface area contributed by atoms with Gasteiger partial charge >= 0.3 is 41.7 Å². The van der Waals surface area contributed by atoms with Gasteiger partial charge < -0.3 is 39.6 Å². The van der Waals surface area contributed by atoms with E-state index in [1.54, 1.807) is 83.1 Å². The quantitative estimate of drug-likeness (QED) is 0.380. The average molecular weight is 545 g/mol. The van der Waals surface area contributed by atoms with Gasteiger partial charge in [0.25, 0.3) is 0 Å². The number of carbonyl (C=O) groups is 4. The summed E-state index contributed by atoms with van der Waals surface area (Å²) in [4.78, 5) is 39.6. The Morgan fingerprint density at radius 2 is 0.414 bits per heavy atom. The standard InChI is InChI=1S/4C5H10O2.Ce/c4*1-5(2,3)4(6)7;/h4*1-3H3,(H,6,7);/q;;;;+4/p-4. The summed E-state index contributed by atoms with van der Waals surface area (Å²) in [5.74, 6) is -4.03. The van der Waals surface area contributed by atoms with Gasteiger partial charge in [-0.3, -0.25) is 0 Å². The van der Waals surface area contributed by atoms with Gasteiger partial charge in [0.1, 0.15) is 0 Å². The van der Waals surface area contributed by atoms with Crippen molar-refractivity contribution in [1.29, 1.82) is 0 Å². The van der Waals surface area contributed by atoms with Gasteiger partial charge in [-0.1, -0.05) is 83.1 Å². The molecule has 29 heavy (non-hydrogen) atoms. The Morgan fingerprint density at radius 3 is 0.414 bits per heavy atom. The molecule has 0 aromatic carbocycles. The van der Waals surface area contributed by atoms with Crippen LogP contribution in [0.5, 0.6) is 0 Å². The summed E-state index contributed by atoms with van der Waals surface area (Å²) in [7, 11) is 0. The molecule has 0 fully saturated rings. The molecule has 0 unspecified atom stereocenters. The number of carboxylic acids is 4. The predicted octanol–water partition coefficient (Wildman–Crippen LogP) is -0.870. The molecule has 0 spiro atoms. The molecular weight excluding hydrogens is 508 g/mol. The smallest absolute Gasteiger partial charge is 0.550 e. The first-order valence-electron chi connectivity index (χ1n) is 8.63. The number of rotatable bonds is 0. The van der Waals surface area contributed by atoms with E-state index in [-0.39, 0.29) is 41.7 Å². The van der Waals surface area contributed by atoms with E-state index in [2.05, 4.69) is 0 Å². The number of hydrogen-bond acceptors (Lipinski definition) is 8. The van der Waals surface area contributed by atoms with Crippen molar-refractivity contribution >= 4 is 23.9 Å². The Labute approximate surface area is 208 Å². The van der Waals surface area contributed by atoms with Crippen molar-refractivity contribution < 1.29 is 81.4 Å². The van der Waals surface area contributed by atoms with Gasteiger partial charge in [0.05, 0.1) is 0 Å². The van der Waals surface area contributed by atoms with E-state index < -0.39 is 45.5 Å². The molecule has 0 aliphatic carbocycles. The molecule has 9 heteroatoms. The molecule has 0 saturated carbocycles. The van der Waals surface area contributed by atoms with Gasteiger partial charge in [0.15, 0.2) is 0 Å². The van der Waals surface area contributed by atoms with Crippen molar-refractivity contribution in [1.82, 2.24) is 0 Å². The van der Waals surface area contributed by atoms with E-state index in [1.807, 2.05) is 0 Å². The third-order valence-electron chi connectivity index (χ3n) is 2.45. The van der Waals surface area contributed by atoms with Gasteiger partial charge in [-0.25, -0.2) is 0 Å². The molecule has 0 aromatic heterocycles. The SMILES string of the molecule is CC(C)(C)C(=O)[O-].CC(C)(C)C(=O)[O-].CC(C)(C)C(=O)[O-].CC(C)(C)C(=O)[O-].[Ce+4]. The summed E-state index contributed by atoms with van der Waals surface area (Å²) in [6.07, 6.45) is 0. The first-order chi connectivity index (χ1) is 11.8. The van der Waals surface area contributed by atoms with Crippen molar-refractivity contribution in [2.45, 2.75) is 83.1 Å². The molecule has 0 rings (SSSR count). The molecule has 168 valence electrons. The van der Waals surface area contributed by atoms with Gasteiger partial charge in [-0.15, -0.1) is 0 Å². The van der Waals surface area contributed by atoms with Crippen LogP contribution in [0.15, 0.2) is 0 Å². The Bertz CT molecular complexity index is 417. The second-order valence-electron chi connectivity index (χ2n) is 10.1. The Hall–Kier alpha value is -0.743. The van der Waals surface area contributed by atoms with E-state index in [0.29, 0.717) is 0 Å². The maximum absolute atomic E-state index is 9.91. The molecule has 0 N–H and O–H groups in total. The van der Waals surface area contributed by atoms with Gasteiger partial charge in [-0.05, 0) is 0 Å². The maximum atomic E-state index is 9.91. The molecule has 0 heterocycles. The molecule has 0 aromatic rings.